The molecule has 0 spiro atoms. The second-order valence-corrected chi connectivity index (χ2v) is 7.76. The number of carbonyl (C=O) groups is 2. The molecule has 124 valence electrons. The van der Waals surface area contributed by atoms with Gasteiger partial charge in [0.05, 0.1) is 22.4 Å². The zero-order valence-corrected chi connectivity index (χ0v) is 13.3. The van der Waals surface area contributed by atoms with Gasteiger partial charge in [-0.2, -0.15) is 0 Å². The van der Waals surface area contributed by atoms with Gasteiger partial charge in [0.15, 0.2) is 0 Å². The highest BCUT2D eigenvalue weighted by Gasteiger charge is 2.68. The maximum absolute atomic E-state index is 13.0. The zero-order chi connectivity index (χ0) is 16.7. The van der Waals surface area contributed by atoms with Crippen LogP contribution in [0.15, 0.2) is 18.2 Å². The molecule has 2 amide bonds. The van der Waals surface area contributed by atoms with E-state index in [0.717, 1.165) is 12.8 Å². The highest BCUT2D eigenvalue weighted by molar-refractivity contribution is 6.22. The molecule has 0 unspecified atom stereocenters. The van der Waals surface area contributed by atoms with Crippen molar-refractivity contribution in [1.82, 2.24) is 0 Å². The number of nitrogens with zero attached hydrogens (tertiary/aromatic N) is 2. The number of benzene rings is 1. The SMILES string of the molecule is Cc1ccc(N2C(=O)[C@@H]3[C@@H]4CC[C@@H]([C@@H]5C[C@@H]54)[C@@H]3C2=O)cc1[N+](=O)[O-]. The minimum atomic E-state index is -0.463. The standard InChI is InChI=1S/C18H18N2O4/c1-8-2-3-9(6-14(8)20(23)24)19-17(21)15-10-4-5-11(13-7-12(10)13)16(15)18(19)22/h2-3,6,10-13,15-16H,4-5,7H2,1H3/t10-,11+,12-,13+,15-,16+. The second-order valence-electron chi connectivity index (χ2n) is 7.76. The number of amides is 2. The Morgan fingerprint density at radius 2 is 1.62 bits per heavy atom. The molecule has 0 N–H and O–H groups in total. The number of anilines is 1. The molecule has 4 saturated carbocycles. The third-order valence-electron chi connectivity index (χ3n) is 6.79. The van der Waals surface area contributed by atoms with Gasteiger partial charge in [-0.3, -0.25) is 19.7 Å². The summed E-state index contributed by atoms with van der Waals surface area (Å²) in [5.74, 6) is 1.29. The van der Waals surface area contributed by atoms with E-state index in [1.165, 1.54) is 17.4 Å². The Morgan fingerprint density at radius 1 is 1.04 bits per heavy atom. The van der Waals surface area contributed by atoms with E-state index in [2.05, 4.69) is 0 Å². The lowest BCUT2D eigenvalue weighted by Crippen LogP contribution is -2.43. The molecule has 5 fully saturated rings. The first kappa shape index (κ1) is 14.1. The number of carbonyl (C=O) groups excluding carboxylic acids is 2. The number of hydrogen-bond donors (Lipinski definition) is 0. The number of fused-ring (bicyclic) bond motifs is 1. The largest absolute Gasteiger partial charge is 0.274 e. The van der Waals surface area contributed by atoms with Gasteiger partial charge in [0.25, 0.3) is 5.69 Å². The van der Waals surface area contributed by atoms with Crippen LogP contribution in [-0.4, -0.2) is 16.7 Å². The van der Waals surface area contributed by atoms with Crippen LogP contribution in [0.2, 0.25) is 0 Å². The van der Waals surface area contributed by atoms with Crippen molar-refractivity contribution >= 4 is 23.2 Å². The van der Waals surface area contributed by atoms with Crippen molar-refractivity contribution in [2.75, 3.05) is 4.90 Å². The van der Waals surface area contributed by atoms with E-state index in [9.17, 15) is 19.7 Å². The topological polar surface area (TPSA) is 80.5 Å². The fourth-order valence-corrected chi connectivity index (χ4v) is 5.73. The van der Waals surface area contributed by atoms with Crippen molar-refractivity contribution in [3.05, 3.63) is 33.9 Å². The predicted octanol–water partition coefficient (Wildman–Crippen LogP) is 2.68. The van der Waals surface area contributed by atoms with Gasteiger partial charge in [0.2, 0.25) is 11.8 Å². The first-order valence-corrected chi connectivity index (χ1v) is 8.62. The molecule has 6 rings (SSSR count). The monoisotopic (exact) mass is 326 g/mol. The van der Waals surface area contributed by atoms with E-state index in [1.54, 1.807) is 19.1 Å². The van der Waals surface area contributed by atoms with Crippen molar-refractivity contribution in [3.8, 4) is 0 Å². The molecule has 6 atom stereocenters. The Hall–Kier alpha value is -2.24. The van der Waals surface area contributed by atoms with E-state index >= 15 is 0 Å². The molecule has 0 radical (unpaired) electrons. The average molecular weight is 326 g/mol. The summed E-state index contributed by atoms with van der Waals surface area (Å²) in [7, 11) is 0. The number of nitro benzene ring substituents is 1. The van der Waals surface area contributed by atoms with Gasteiger partial charge < -0.3 is 0 Å². The Balaban J connectivity index is 1.56. The Labute approximate surface area is 139 Å². The van der Waals surface area contributed by atoms with Gasteiger partial charge in [0.1, 0.15) is 0 Å². The summed E-state index contributed by atoms with van der Waals surface area (Å²) < 4.78 is 0. The van der Waals surface area contributed by atoms with Crippen LogP contribution in [0.3, 0.4) is 0 Å². The lowest BCUT2D eigenvalue weighted by atomic mass is 9.59. The molecule has 2 bridgehead atoms. The van der Waals surface area contributed by atoms with Crippen molar-refractivity contribution in [1.29, 1.82) is 0 Å². The van der Waals surface area contributed by atoms with Crippen LogP contribution in [0.1, 0.15) is 24.8 Å². The van der Waals surface area contributed by atoms with Gasteiger partial charge in [-0.05, 0) is 55.9 Å². The van der Waals surface area contributed by atoms with E-state index in [1.807, 2.05) is 0 Å². The van der Waals surface area contributed by atoms with E-state index in [-0.39, 0.29) is 29.3 Å². The molecule has 6 nitrogen and oxygen atoms in total. The fourth-order valence-electron chi connectivity index (χ4n) is 5.73. The van der Waals surface area contributed by atoms with Crippen molar-refractivity contribution in [2.45, 2.75) is 26.2 Å². The van der Waals surface area contributed by atoms with Gasteiger partial charge >= 0.3 is 0 Å². The first-order chi connectivity index (χ1) is 11.5. The molecule has 5 aliphatic rings. The molecule has 1 aliphatic heterocycles. The van der Waals surface area contributed by atoms with E-state index in [4.69, 9.17) is 0 Å². The molecule has 1 aromatic carbocycles. The Morgan fingerprint density at radius 3 is 2.17 bits per heavy atom. The molecule has 1 aromatic rings. The molecule has 4 aliphatic carbocycles. The summed E-state index contributed by atoms with van der Waals surface area (Å²) in [6.45, 7) is 1.66. The van der Waals surface area contributed by atoms with Crippen LogP contribution < -0.4 is 4.90 Å². The highest BCUT2D eigenvalue weighted by Crippen LogP contribution is 2.68. The second kappa shape index (κ2) is 4.43. The van der Waals surface area contributed by atoms with Gasteiger partial charge in [-0.15, -0.1) is 0 Å². The summed E-state index contributed by atoms with van der Waals surface area (Å²) >= 11 is 0. The van der Waals surface area contributed by atoms with Crippen LogP contribution in [-0.2, 0) is 9.59 Å². The third kappa shape index (κ3) is 1.61. The Bertz CT molecular complexity index is 770. The van der Waals surface area contributed by atoms with Crippen LogP contribution in [0.25, 0.3) is 0 Å². The number of hydrogen-bond acceptors (Lipinski definition) is 4. The van der Waals surface area contributed by atoms with Crippen LogP contribution in [0, 0.1) is 52.5 Å². The maximum atomic E-state index is 13.0. The molecular weight excluding hydrogens is 308 g/mol. The van der Waals surface area contributed by atoms with Crippen LogP contribution in [0.4, 0.5) is 11.4 Å². The quantitative estimate of drug-likeness (QED) is 0.475. The summed E-state index contributed by atoms with van der Waals surface area (Å²) in [6.07, 6.45) is 3.28. The third-order valence-corrected chi connectivity index (χ3v) is 6.79. The summed E-state index contributed by atoms with van der Waals surface area (Å²) in [5, 5.41) is 11.2. The lowest BCUT2D eigenvalue weighted by Gasteiger charge is -2.42. The molecule has 24 heavy (non-hydrogen) atoms. The Kier molecular flexibility index (Phi) is 2.61. The van der Waals surface area contributed by atoms with Crippen LogP contribution >= 0.6 is 0 Å². The molecule has 1 saturated heterocycles. The normalized spacial score (nSPS) is 39.0. The van der Waals surface area contributed by atoms with E-state index < -0.39 is 4.92 Å². The molecule has 6 heteroatoms. The van der Waals surface area contributed by atoms with Gasteiger partial charge in [0, 0.05) is 11.6 Å². The van der Waals surface area contributed by atoms with E-state index in [0.29, 0.717) is 34.9 Å². The first-order valence-electron chi connectivity index (χ1n) is 8.62. The summed E-state index contributed by atoms with van der Waals surface area (Å²) in [4.78, 5) is 38.0. The predicted molar refractivity (Wildman–Crippen MR) is 85.1 cm³/mol. The van der Waals surface area contributed by atoms with Crippen molar-refractivity contribution in [2.24, 2.45) is 35.5 Å². The molecular formula is C18H18N2O4. The summed E-state index contributed by atoms with van der Waals surface area (Å²) in [5.41, 5.74) is 0.833. The number of aryl methyl sites for hydroxylation is 1. The highest BCUT2D eigenvalue weighted by atomic mass is 16.6. The minimum absolute atomic E-state index is 0.0474. The smallest absolute Gasteiger partial charge is 0.274 e. The number of rotatable bonds is 2. The lowest BCUT2D eigenvalue weighted by molar-refractivity contribution is -0.385. The van der Waals surface area contributed by atoms with Gasteiger partial charge in [-0.1, -0.05) is 6.07 Å². The van der Waals surface area contributed by atoms with Gasteiger partial charge in [-0.25, -0.2) is 4.90 Å². The number of imide groups is 1. The fraction of sp³-hybridized carbons (Fsp3) is 0.556. The number of nitro groups is 1. The summed E-state index contributed by atoms with van der Waals surface area (Å²) in [6, 6.07) is 4.63. The maximum Gasteiger partial charge on any atom is 0.274 e. The minimum Gasteiger partial charge on any atom is -0.274 e. The van der Waals surface area contributed by atoms with Crippen molar-refractivity contribution < 1.29 is 14.5 Å². The zero-order valence-electron chi connectivity index (χ0n) is 13.3. The molecule has 0 aromatic heterocycles. The van der Waals surface area contributed by atoms with Crippen LogP contribution in [0.5, 0.6) is 0 Å². The van der Waals surface area contributed by atoms with Crippen molar-refractivity contribution in [3.63, 3.8) is 0 Å². The molecule has 1 heterocycles. The average Bonchev–Trinajstić information content (AvgIpc) is 3.33.